The molecule has 9 nitrogen and oxygen atoms in total. The number of hydrogen-bond donors (Lipinski definition) is 1. The number of carbonyl (C=O) groups excluding carboxylic acids is 1. The average Bonchev–Trinajstić information content (AvgIpc) is 3.07. The van der Waals surface area contributed by atoms with Crippen LogP contribution >= 0.6 is 0 Å². The largest absolute Gasteiger partial charge is 0.400 e. The smallest absolute Gasteiger partial charge is 0.322 e. The first kappa shape index (κ1) is 11.1. The van der Waals surface area contributed by atoms with Crippen molar-refractivity contribution in [3.05, 3.63) is 30.2 Å². The molecule has 0 saturated heterocycles. The van der Waals surface area contributed by atoms with Crippen LogP contribution in [0.4, 0.5) is 6.01 Å². The van der Waals surface area contributed by atoms with E-state index >= 15 is 0 Å². The lowest BCUT2D eigenvalue weighted by molar-refractivity contribution is 0.101. The summed E-state index contributed by atoms with van der Waals surface area (Å²) in [5, 5.41) is 17.3. The average molecular weight is 260 g/mol. The Hall–Kier alpha value is -2.97. The molecule has 0 bridgehead atoms. The lowest BCUT2D eigenvalue weighted by atomic mass is 10.4. The molecule has 1 N–H and O–H groups in total. The summed E-state index contributed by atoms with van der Waals surface area (Å²) < 4.78 is 11.5. The number of amides is 1. The zero-order chi connectivity index (χ0) is 13.2. The molecular formula is C10H8N6O3. The van der Waals surface area contributed by atoms with Crippen molar-refractivity contribution in [1.82, 2.24) is 25.1 Å². The van der Waals surface area contributed by atoms with Crippen molar-refractivity contribution in [1.29, 1.82) is 0 Å². The number of hydrogen-bond acceptors (Lipinski definition) is 7. The maximum absolute atomic E-state index is 11.9. The Morgan fingerprint density at radius 2 is 2.21 bits per heavy atom. The number of aryl methyl sites for hydroxylation is 1. The van der Waals surface area contributed by atoms with E-state index in [1.807, 2.05) is 0 Å². The van der Waals surface area contributed by atoms with Crippen molar-refractivity contribution in [2.75, 3.05) is 5.32 Å². The van der Waals surface area contributed by atoms with Crippen molar-refractivity contribution in [2.24, 2.45) is 7.05 Å². The van der Waals surface area contributed by atoms with E-state index in [9.17, 15) is 4.79 Å². The molecule has 3 rings (SSSR count). The third-order valence-corrected chi connectivity index (χ3v) is 2.35. The third-order valence-electron chi connectivity index (χ3n) is 2.35. The fourth-order valence-corrected chi connectivity index (χ4v) is 1.46. The lowest BCUT2D eigenvalue weighted by Crippen LogP contribution is -2.16. The van der Waals surface area contributed by atoms with Gasteiger partial charge >= 0.3 is 6.01 Å². The third kappa shape index (κ3) is 2.08. The molecule has 19 heavy (non-hydrogen) atoms. The van der Waals surface area contributed by atoms with Crippen LogP contribution in [0, 0.1) is 0 Å². The second-order valence-corrected chi connectivity index (χ2v) is 3.58. The van der Waals surface area contributed by atoms with Gasteiger partial charge in [-0.3, -0.25) is 14.8 Å². The van der Waals surface area contributed by atoms with Crippen LogP contribution in [0.25, 0.3) is 11.7 Å². The molecular weight excluding hydrogens is 252 g/mol. The standard InChI is InChI=1S/C10H8N6O3/c1-16-6(2-4-11-16)8(17)13-10-15-14-9(18-10)7-3-5-12-19-7/h2-5H,1H3,(H,13,15,17). The van der Waals surface area contributed by atoms with Gasteiger partial charge in [-0.25, -0.2) is 0 Å². The first-order valence-electron chi connectivity index (χ1n) is 5.28. The Balaban J connectivity index is 1.78. The minimum Gasteiger partial charge on any atom is -0.400 e. The molecule has 0 saturated carbocycles. The minimum atomic E-state index is -0.396. The summed E-state index contributed by atoms with van der Waals surface area (Å²) in [6.45, 7) is 0. The maximum Gasteiger partial charge on any atom is 0.322 e. The monoisotopic (exact) mass is 260 g/mol. The predicted octanol–water partition coefficient (Wildman–Crippen LogP) is 0.710. The molecule has 0 aliphatic heterocycles. The van der Waals surface area contributed by atoms with E-state index in [1.54, 1.807) is 19.2 Å². The quantitative estimate of drug-likeness (QED) is 0.737. The molecule has 0 fully saturated rings. The molecule has 3 heterocycles. The zero-order valence-electron chi connectivity index (χ0n) is 9.77. The van der Waals surface area contributed by atoms with Gasteiger partial charge in [-0.15, -0.1) is 5.10 Å². The molecule has 0 spiro atoms. The highest BCUT2D eigenvalue weighted by Crippen LogP contribution is 2.18. The summed E-state index contributed by atoms with van der Waals surface area (Å²) in [5.41, 5.74) is 0.374. The van der Waals surface area contributed by atoms with Crippen LogP contribution in [0.2, 0.25) is 0 Å². The van der Waals surface area contributed by atoms with Crippen molar-refractivity contribution in [2.45, 2.75) is 0 Å². The molecule has 1 amide bonds. The van der Waals surface area contributed by atoms with E-state index in [4.69, 9.17) is 8.94 Å². The Kier molecular flexibility index (Phi) is 2.56. The first-order chi connectivity index (χ1) is 9.24. The summed E-state index contributed by atoms with van der Waals surface area (Å²) in [4.78, 5) is 11.9. The Labute approximate surface area is 106 Å². The highest BCUT2D eigenvalue weighted by Gasteiger charge is 2.16. The van der Waals surface area contributed by atoms with E-state index in [0.29, 0.717) is 11.5 Å². The predicted molar refractivity (Wildman–Crippen MR) is 61.0 cm³/mol. The van der Waals surface area contributed by atoms with Gasteiger partial charge in [0.25, 0.3) is 11.8 Å². The lowest BCUT2D eigenvalue weighted by Gasteiger charge is -1.99. The number of carbonyl (C=O) groups is 1. The van der Waals surface area contributed by atoms with Gasteiger partial charge in [-0.1, -0.05) is 10.3 Å². The maximum atomic E-state index is 11.9. The minimum absolute atomic E-state index is 0.0300. The van der Waals surface area contributed by atoms with Crippen LogP contribution in [-0.4, -0.2) is 31.0 Å². The summed E-state index contributed by atoms with van der Waals surface area (Å²) in [6, 6.07) is 3.11. The molecule has 3 aromatic rings. The van der Waals surface area contributed by atoms with Crippen LogP contribution in [-0.2, 0) is 7.05 Å². The van der Waals surface area contributed by atoms with Gasteiger partial charge in [-0.05, 0) is 6.07 Å². The van der Waals surface area contributed by atoms with Gasteiger partial charge in [0.15, 0.2) is 0 Å². The zero-order valence-corrected chi connectivity index (χ0v) is 9.77. The molecule has 96 valence electrons. The van der Waals surface area contributed by atoms with E-state index in [2.05, 4.69) is 25.8 Å². The molecule has 0 radical (unpaired) electrons. The number of nitrogens with zero attached hydrogens (tertiary/aromatic N) is 5. The summed E-state index contributed by atoms with van der Waals surface area (Å²) in [7, 11) is 1.66. The number of anilines is 1. The number of aromatic nitrogens is 5. The summed E-state index contributed by atoms with van der Waals surface area (Å²) in [5.74, 6) is 0.0686. The Bertz CT molecular complexity index is 699. The number of nitrogens with one attached hydrogen (secondary N) is 1. The van der Waals surface area contributed by atoms with E-state index in [0.717, 1.165) is 0 Å². The van der Waals surface area contributed by atoms with Crippen molar-refractivity contribution in [3.8, 4) is 11.7 Å². The van der Waals surface area contributed by atoms with Crippen LogP contribution < -0.4 is 5.32 Å². The first-order valence-corrected chi connectivity index (χ1v) is 5.28. The molecule has 0 unspecified atom stereocenters. The molecule has 9 heteroatoms. The van der Waals surface area contributed by atoms with Gasteiger partial charge in [-0.2, -0.15) is 5.10 Å². The fraction of sp³-hybridized carbons (Fsp3) is 0.100. The SMILES string of the molecule is Cn1nccc1C(=O)Nc1nnc(-c2ccno2)o1. The molecule has 0 atom stereocenters. The van der Waals surface area contributed by atoms with Gasteiger partial charge in [0.1, 0.15) is 5.69 Å². The second kappa shape index (κ2) is 4.37. The van der Waals surface area contributed by atoms with Crippen molar-refractivity contribution >= 4 is 11.9 Å². The topological polar surface area (TPSA) is 112 Å². The van der Waals surface area contributed by atoms with E-state index in [-0.39, 0.29) is 11.9 Å². The highest BCUT2D eigenvalue weighted by atomic mass is 16.5. The van der Waals surface area contributed by atoms with Gasteiger partial charge < -0.3 is 8.94 Å². The van der Waals surface area contributed by atoms with Crippen molar-refractivity contribution in [3.63, 3.8) is 0 Å². The molecule has 3 aromatic heterocycles. The van der Waals surface area contributed by atoms with E-state index < -0.39 is 5.91 Å². The van der Waals surface area contributed by atoms with Gasteiger partial charge in [0, 0.05) is 19.3 Å². The summed E-state index contributed by atoms with van der Waals surface area (Å²) >= 11 is 0. The van der Waals surface area contributed by atoms with Crippen LogP contribution in [0.5, 0.6) is 0 Å². The fourth-order valence-electron chi connectivity index (χ4n) is 1.46. The van der Waals surface area contributed by atoms with Crippen LogP contribution in [0.15, 0.2) is 33.5 Å². The van der Waals surface area contributed by atoms with Crippen molar-refractivity contribution < 1.29 is 13.7 Å². The Morgan fingerprint density at radius 3 is 2.89 bits per heavy atom. The number of rotatable bonds is 3. The highest BCUT2D eigenvalue weighted by molar-refractivity contribution is 6.01. The van der Waals surface area contributed by atoms with Gasteiger partial charge in [0.2, 0.25) is 5.76 Å². The van der Waals surface area contributed by atoms with Gasteiger partial charge in [0.05, 0.1) is 6.20 Å². The van der Waals surface area contributed by atoms with E-state index in [1.165, 1.54) is 17.1 Å². The Morgan fingerprint density at radius 1 is 1.32 bits per heavy atom. The normalized spacial score (nSPS) is 10.6. The second-order valence-electron chi connectivity index (χ2n) is 3.58. The molecule has 0 aliphatic rings. The van der Waals surface area contributed by atoms with Crippen LogP contribution in [0.1, 0.15) is 10.5 Å². The molecule has 0 aromatic carbocycles. The van der Waals surface area contributed by atoms with Crippen LogP contribution in [0.3, 0.4) is 0 Å². The molecule has 0 aliphatic carbocycles. The summed E-state index contributed by atoms with van der Waals surface area (Å²) in [6.07, 6.45) is 2.97.